The van der Waals surface area contributed by atoms with Gasteiger partial charge < -0.3 is 10.2 Å². The largest absolute Gasteiger partial charge is 0.356 e. The summed E-state index contributed by atoms with van der Waals surface area (Å²) >= 11 is 0. The summed E-state index contributed by atoms with van der Waals surface area (Å²) in [6.45, 7) is 13.2. The maximum absolute atomic E-state index is 12.3. The number of amides is 2. The fourth-order valence-electron chi connectivity index (χ4n) is 2.63. The van der Waals surface area contributed by atoms with Crippen molar-refractivity contribution in [3.63, 3.8) is 0 Å². The van der Waals surface area contributed by atoms with E-state index in [9.17, 15) is 9.59 Å². The Balaban J connectivity index is 2.38. The van der Waals surface area contributed by atoms with Crippen LogP contribution in [0, 0.1) is 5.92 Å². The second kappa shape index (κ2) is 10.2. The predicted molar refractivity (Wildman–Crippen MR) is 89.4 cm³/mol. The SMILES string of the molecule is C=CCN(CC=C)C(=O)CN1CCC(C(=O)NCCC)CC1. The Morgan fingerprint density at radius 2 is 1.82 bits per heavy atom. The summed E-state index contributed by atoms with van der Waals surface area (Å²) in [4.78, 5) is 28.1. The van der Waals surface area contributed by atoms with Gasteiger partial charge in [0.2, 0.25) is 11.8 Å². The molecular weight excluding hydrogens is 278 g/mol. The van der Waals surface area contributed by atoms with E-state index in [2.05, 4.69) is 23.4 Å². The Kier molecular flexibility index (Phi) is 8.51. The van der Waals surface area contributed by atoms with Crippen molar-refractivity contribution in [1.29, 1.82) is 0 Å². The Hall–Kier alpha value is -1.62. The van der Waals surface area contributed by atoms with Crippen LogP contribution in [0.25, 0.3) is 0 Å². The molecular formula is C17H29N3O2. The van der Waals surface area contributed by atoms with Gasteiger partial charge in [0, 0.05) is 25.6 Å². The lowest BCUT2D eigenvalue weighted by Crippen LogP contribution is -2.45. The number of likely N-dealkylation sites (tertiary alicyclic amines) is 1. The molecule has 0 aliphatic carbocycles. The van der Waals surface area contributed by atoms with Gasteiger partial charge in [-0.25, -0.2) is 0 Å². The topological polar surface area (TPSA) is 52.7 Å². The minimum atomic E-state index is 0.0914. The van der Waals surface area contributed by atoms with Crippen LogP contribution >= 0.6 is 0 Å². The standard InChI is InChI=1S/C17H29N3O2/c1-4-9-18-17(22)15-7-12-19(13-8-15)14-16(21)20(10-5-2)11-6-3/h5-6,15H,2-4,7-14H2,1H3,(H,18,22). The van der Waals surface area contributed by atoms with Gasteiger partial charge in [-0.1, -0.05) is 19.1 Å². The van der Waals surface area contributed by atoms with Crippen LogP contribution in [0.3, 0.4) is 0 Å². The summed E-state index contributed by atoms with van der Waals surface area (Å²) in [5.74, 6) is 0.344. The first kappa shape index (κ1) is 18.4. The van der Waals surface area contributed by atoms with Crippen molar-refractivity contribution in [3.05, 3.63) is 25.3 Å². The van der Waals surface area contributed by atoms with E-state index in [4.69, 9.17) is 0 Å². The van der Waals surface area contributed by atoms with Gasteiger partial charge in [0.25, 0.3) is 0 Å². The highest BCUT2D eigenvalue weighted by Gasteiger charge is 2.26. The molecule has 2 amide bonds. The van der Waals surface area contributed by atoms with Crippen LogP contribution in [0.4, 0.5) is 0 Å². The third-order valence-electron chi connectivity index (χ3n) is 3.92. The molecule has 1 fully saturated rings. The van der Waals surface area contributed by atoms with Crippen molar-refractivity contribution >= 4 is 11.8 Å². The lowest BCUT2D eigenvalue weighted by molar-refractivity contribution is -0.132. The van der Waals surface area contributed by atoms with Gasteiger partial charge in [-0.15, -0.1) is 13.2 Å². The van der Waals surface area contributed by atoms with Crippen molar-refractivity contribution in [2.75, 3.05) is 39.3 Å². The van der Waals surface area contributed by atoms with Gasteiger partial charge in [0.1, 0.15) is 0 Å². The molecule has 5 nitrogen and oxygen atoms in total. The van der Waals surface area contributed by atoms with Crippen molar-refractivity contribution < 1.29 is 9.59 Å². The molecule has 0 aromatic heterocycles. The van der Waals surface area contributed by atoms with Crippen molar-refractivity contribution in [2.45, 2.75) is 26.2 Å². The molecule has 0 radical (unpaired) electrons. The summed E-state index contributed by atoms with van der Waals surface area (Å²) in [7, 11) is 0. The average molecular weight is 307 g/mol. The molecule has 0 saturated carbocycles. The molecule has 1 N–H and O–H groups in total. The highest BCUT2D eigenvalue weighted by molar-refractivity contribution is 5.79. The van der Waals surface area contributed by atoms with E-state index < -0.39 is 0 Å². The van der Waals surface area contributed by atoms with Crippen LogP contribution in [0.2, 0.25) is 0 Å². The first-order valence-electron chi connectivity index (χ1n) is 8.12. The Morgan fingerprint density at radius 1 is 1.23 bits per heavy atom. The number of nitrogens with zero attached hydrogens (tertiary/aromatic N) is 2. The molecule has 0 bridgehead atoms. The first-order valence-corrected chi connectivity index (χ1v) is 8.12. The van der Waals surface area contributed by atoms with E-state index in [1.54, 1.807) is 17.1 Å². The van der Waals surface area contributed by atoms with Crippen LogP contribution in [0.5, 0.6) is 0 Å². The van der Waals surface area contributed by atoms with Crippen LogP contribution in [-0.4, -0.2) is 60.9 Å². The van der Waals surface area contributed by atoms with Crippen LogP contribution < -0.4 is 5.32 Å². The third kappa shape index (κ3) is 6.02. The summed E-state index contributed by atoms with van der Waals surface area (Å²) < 4.78 is 0. The molecule has 0 atom stereocenters. The summed E-state index contributed by atoms with van der Waals surface area (Å²) in [6.07, 6.45) is 6.07. The monoisotopic (exact) mass is 307 g/mol. The Morgan fingerprint density at radius 3 is 2.32 bits per heavy atom. The number of carbonyl (C=O) groups is 2. The zero-order valence-corrected chi connectivity index (χ0v) is 13.7. The lowest BCUT2D eigenvalue weighted by atomic mass is 9.96. The van der Waals surface area contributed by atoms with Gasteiger partial charge in [-0.05, 0) is 32.4 Å². The molecule has 0 aromatic carbocycles. The van der Waals surface area contributed by atoms with E-state index in [1.807, 2.05) is 6.92 Å². The fraction of sp³-hybridized carbons (Fsp3) is 0.647. The van der Waals surface area contributed by atoms with E-state index in [-0.39, 0.29) is 17.7 Å². The summed E-state index contributed by atoms with van der Waals surface area (Å²) in [6, 6.07) is 0. The molecule has 1 heterocycles. The highest BCUT2D eigenvalue weighted by Crippen LogP contribution is 2.17. The van der Waals surface area contributed by atoms with E-state index in [0.29, 0.717) is 19.6 Å². The van der Waals surface area contributed by atoms with Gasteiger partial charge in [0.15, 0.2) is 0 Å². The lowest BCUT2D eigenvalue weighted by Gasteiger charge is -2.32. The zero-order chi connectivity index (χ0) is 16.4. The van der Waals surface area contributed by atoms with Crippen molar-refractivity contribution in [3.8, 4) is 0 Å². The van der Waals surface area contributed by atoms with Crippen molar-refractivity contribution in [1.82, 2.24) is 15.1 Å². The Labute approximate surface area is 134 Å². The maximum atomic E-state index is 12.3. The number of hydrogen-bond acceptors (Lipinski definition) is 3. The van der Waals surface area contributed by atoms with Crippen LogP contribution in [0.15, 0.2) is 25.3 Å². The number of piperidine rings is 1. The van der Waals surface area contributed by atoms with E-state index in [1.165, 1.54) is 0 Å². The molecule has 1 rings (SSSR count). The number of hydrogen-bond donors (Lipinski definition) is 1. The normalized spacial score (nSPS) is 16.0. The Bertz CT molecular complexity index is 377. The fourth-order valence-corrected chi connectivity index (χ4v) is 2.63. The van der Waals surface area contributed by atoms with Gasteiger partial charge >= 0.3 is 0 Å². The van der Waals surface area contributed by atoms with Gasteiger partial charge in [-0.3, -0.25) is 14.5 Å². The zero-order valence-electron chi connectivity index (χ0n) is 13.7. The summed E-state index contributed by atoms with van der Waals surface area (Å²) in [5, 5.41) is 2.95. The predicted octanol–water partition coefficient (Wildman–Crippen LogP) is 1.43. The second-order valence-corrected chi connectivity index (χ2v) is 5.72. The minimum Gasteiger partial charge on any atom is -0.356 e. The van der Waals surface area contributed by atoms with E-state index >= 15 is 0 Å². The first-order chi connectivity index (χ1) is 10.6. The van der Waals surface area contributed by atoms with Crippen molar-refractivity contribution in [2.24, 2.45) is 5.92 Å². The maximum Gasteiger partial charge on any atom is 0.237 e. The van der Waals surface area contributed by atoms with Crippen LogP contribution in [-0.2, 0) is 9.59 Å². The number of nitrogens with one attached hydrogen (secondary N) is 1. The van der Waals surface area contributed by atoms with Crippen LogP contribution in [0.1, 0.15) is 26.2 Å². The molecule has 1 saturated heterocycles. The third-order valence-corrected chi connectivity index (χ3v) is 3.92. The van der Waals surface area contributed by atoms with E-state index in [0.717, 1.165) is 38.9 Å². The minimum absolute atomic E-state index is 0.0914. The highest BCUT2D eigenvalue weighted by atomic mass is 16.2. The number of carbonyl (C=O) groups excluding carboxylic acids is 2. The van der Waals surface area contributed by atoms with Gasteiger partial charge in [-0.2, -0.15) is 0 Å². The molecule has 1 aliphatic heterocycles. The molecule has 0 spiro atoms. The molecule has 22 heavy (non-hydrogen) atoms. The number of rotatable bonds is 9. The quantitative estimate of drug-likeness (QED) is 0.656. The molecule has 5 heteroatoms. The average Bonchev–Trinajstić information content (AvgIpc) is 2.53. The molecule has 1 aliphatic rings. The smallest absolute Gasteiger partial charge is 0.237 e. The van der Waals surface area contributed by atoms with Gasteiger partial charge in [0.05, 0.1) is 6.54 Å². The molecule has 0 unspecified atom stereocenters. The summed E-state index contributed by atoms with van der Waals surface area (Å²) in [5.41, 5.74) is 0. The second-order valence-electron chi connectivity index (χ2n) is 5.72. The molecule has 0 aromatic rings. The molecule has 124 valence electrons.